The molecule has 8 heteroatoms. The highest BCUT2D eigenvalue weighted by atomic mass is 35.5. The molecule has 3 heterocycles. The third-order valence-corrected chi connectivity index (χ3v) is 6.26. The number of halogens is 1. The number of aromatic nitrogens is 2. The molecule has 30 heavy (non-hydrogen) atoms. The standard InChI is InChI=1S/C22H28ClN5O2/c1-4-18(28-20-13-16(3)24-27(20)8-7-21(28)29)22(30)26-11-9-25(10-12-26)19-14-17(23)6-5-15(19)2/h5-6,13-14,18H,4,7-12H2,1-3H3. The van der Waals surface area contributed by atoms with Crippen LogP contribution in [-0.4, -0.2) is 58.7 Å². The molecule has 1 aromatic carbocycles. The minimum absolute atomic E-state index is 0.00390. The first-order chi connectivity index (χ1) is 14.4. The average molecular weight is 430 g/mol. The van der Waals surface area contributed by atoms with Crippen molar-refractivity contribution in [1.29, 1.82) is 0 Å². The van der Waals surface area contributed by atoms with Crippen LogP contribution in [0.2, 0.25) is 5.02 Å². The Bertz CT molecular complexity index is 964. The van der Waals surface area contributed by atoms with Gasteiger partial charge in [0.25, 0.3) is 0 Å². The molecule has 1 saturated heterocycles. The second-order valence-corrected chi connectivity index (χ2v) is 8.48. The highest BCUT2D eigenvalue weighted by Gasteiger charge is 2.37. The quantitative estimate of drug-likeness (QED) is 0.749. The molecule has 1 unspecified atom stereocenters. The molecule has 2 aliphatic heterocycles. The zero-order chi connectivity index (χ0) is 21.4. The van der Waals surface area contributed by atoms with Crippen LogP contribution in [0.5, 0.6) is 0 Å². The zero-order valence-corrected chi connectivity index (χ0v) is 18.5. The maximum Gasteiger partial charge on any atom is 0.245 e. The van der Waals surface area contributed by atoms with Crippen molar-refractivity contribution in [3.8, 4) is 0 Å². The lowest BCUT2D eigenvalue weighted by atomic mass is 10.1. The third-order valence-electron chi connectivity index (χ3n) is 6.02. The van der Waals surface area contributed by atoms with Crippen LogP contribution in [0.25, 0.3) is 0 Å². The molecule has 4 rings (SSSR count). The monoisotopic (exact) mass is 429 g/mol. The maximum absolute atomic E-state index is 13.4. The third kappa shape index (κ3) is 3.78. The zero-order valence-electron chi connectivity index (χ0n) is 17.8. The van der Waals surface area contributed by atoms with Gasteiger partial charge in [-0.15, -0.1) is 0 Å². The van der Waals surface area contributed by atoms with Crippen LogP contribution in [0.15, 0.2) is 24.3 Å². The van der Waals surface area contributed by atoms with Crippen molar-refractivity contribution in [3.05, 3.63) is 40.5 Å². The van der Waals surface area contributed by atoms with Crippen LogP contribution in [0.1, 0.15) is 31.0 Å². The number of aryl methyl sites for hydroxylation is 3. The summed E-state index contributed by atoms with van der Waals surface area (Å²) in [6.07, 6.45) is 0.947. The highest BCUT2D eigenvalue weighted by molar-refractivity contribution is 6.30. The SMILES string of the molecule is CCC(C(=O)N1CCN(c2cc(Cl)ccc2C)CC1)N1C(=O)CCn2nc(C)cc21. The summed E-state index contributed by atoms with van der Waals surface area (Å²) < 4.78 is 1.84. The van der Waals surface area contributed by atoms with Crippen molar-refractivity contribution in [1.82, 2.24) is 14.7 Å². The summed E-state index contributed by atoms with van der Waals surface area (Å²) in [4.78, 5) is 32.0. The number of piperazine rings is 1. The Hall–Kier alpha value is -2.54. The second-order valence-electron chi connectivity index (χ2n) is 8.05. The Balaban J connectivity index is 1.49. The van der Waals surface area contributed by atoms with E-state index in [0.29, 0.717) is 32.5 Å². The van der Waals surface area contributed by atoms with E-state index in [2.05, 4.69) is 16.9 Å². The topological polar surface area (TPSA) is 61.7 Å². The van der Waals surface area contributed by atoms with E-state index in [-0.39, 0.29) is 11.8 Å². The molecule has 1 aromatic heterocycles. The Kier molecular flexibility index (Phi) is 5.73. The molecular formula is C22H28ClN5O2. The minimum Gasteiger partial charge on any atom is -0.368 e. The van der Waals surface area contributed by atoms with Gasteiger partial charge >= 0.3 is 0 Å². The summed E-state index contributed by atoms with van der Waals surface area (Å²) in [5, 5.41) is 5.18. The molecule has 1 atom stereocenters. The minimum atomic E-state index is -0.493. The summed E-state index contributed by atoms with van der Waals surface area (Å²) in [6.45, 7) is 9.26. The van der Waals surface area contributed by atoms with Crippen molar-refractivity contribution in [3.63, 3.8) is 0 Å². The molecule has 0 saturated carbocycles. The Morgan fingerprint density at radius 2 is 1.87 bits per heavy atom. The van der Waals surface area contributed by atoms with Crippen molar-refractivity contribution in [2.45, 2.75) is 46.2 Å². The van der Waals surface area contributed by atoms with Crippen LogP contribution in [0, 0.1) is 13.8 Å². The molecule has 2 amide bonds. The van der Waals surface area contributed by atoms with E-state index in [9.17, 15) is 9.59 Å². The second kappa shape index (κ2) is 8.30. The number of hydrogen-bond donors (Lipinski definition) is 0. The maximum atomic E-state index is 13.4. The summed E-state index contributed by atoms with van der Waals surface area (Å²) in [5.74, 6) is 0.744. The molecule has 0 radical (unpaired) electrons. The number of amides is 2. The summed E-state index contributed by atoms with van der Waals surface area (Å²) in [5.41, 5.74) is 3.15. The highest BCUT2D eigenvalue weighted by Crippen LogP contribution is 2.28. The van der Waals surface area contributed by atoms with Crippen molar-refractivity contribution < 1.29 is 9.59 Å². The number of carbonyl (C=O) groups excluding carboxylic acids is 2. The van der Waals surface area contributed by atoms with E-state index in [1.54, 1.807) is 4.90 Å². The van der Waals surface area contributed by atoms with Gasteiger partial charge in [-0.1, -0.05) is 24.6 Å². The van der Waals surface area contributed by atoms with Gasteiger partial charge in [-0.2, -0.15) is 5.10 Å². The smallest absolute Gasteiger partial charge is 0.245 e. The van der Waals surface area contributed by atoms with Crippen molar-refractivity contribution in [2.24, 2.45) is 0 Å². The number of nitrogens with zero attached hydrogens (tertiary/aromatic N) is 5. The number of carbonyl (C=O) groups is 2. The lowest BCUT2D eigenvalue weighted by Crippen LogP contribution is -2.57. The Labute approximate surface area is 182 Å². The number of rotatable bonds is 4. The van der Waals surface area contributed by atoms with Gasteiger partial charge in [-0.25, -0.2) is 4.68 Å². The molecule has 2 aromatic rings. The van der Waals surface area contributed by atoms with Crippen LogP contribution in [0.3, 0.4) is 0 Å². The first-order valence-electron chi connectivity index (χ1n) is 10.6. The molecule has 0 bridgehead atoms. The van der Waals surface area contributed by atoms with Gasteiger partial charge in [-0.05, 0) is 38.0 Å². The molecule has 0 aliphatic carbocycles. The summed E-state index contributed by atoms with van der Waals surface area (Å²) in [7, 11) is 0. The van der Waals surface area contributed by atoms with Gasteiger partial charge in [0.15, 0.2) is 0 Å². The average Bonchev–Trinajstić information content (AvgIpc) is 3.12. The lowest BCUT2D eigenvalue weighted by molar-refractivity contribution is -0.135. The van der Waals surface area contributed by atoms with Crippen LogP contribution < -0.4 is 9.80 Å². The largest absolute Gasteiger partial charge is 0.368 e. The molecule has 0 spiro atoms. The number of fused-ring (bicyclic) bond motifs is 1. The van der Waals surface area contributed by atoms with Crippen LogP contribution in [-0.2, 0) is 16.1 Å². The van der Waals surface area contributed by atoms with Crippen molar-refractivity contribution >= 4 is 34.9 Å². The molecular weight excluding hydrogens is 402 g/mol. The molecule has 160 valence electrons. The van der Waals surface area contributed by atoms with Gasteiger partial charge in [0, 0.05) is 49.4 Å². The van der Waals surface area contributed by atoms with Crippen LogP contribution in [0.4, 0.5) is 11.5 Å². The van der Waals surface area contributed by atoms with Gasteiger partial charge in [-0.3, -0.25) is 14.5 Å². The Morgan fingerprint density at radius 1 is 1.13 bits per heavy atom. The van der Waals surface area contributed by atoms with Gasteiger partial charge < -0.3 is 9.80 Å². The van der Waals surface area contributed by atoms with Gasteiger partial charge in [0.2, 0.25) is 11.8 Å². The van der Waals surface area contributed by atoms with E-state index in [0.717, 1.165) is 35.3 Å². The number of hydrogen-bond acceptors (Lipinski definition) is 4. The van der Waals surface area contributed by atoms with Crippen molar-refractivity contribution in [2.75, 3.05) is 36.0 Å². The van der Waals surface area contributed by atoms with E-state index >= 15 is 0 Å². The van der Waals surface area contributed by atoms with Crippen LogP contribution >= 0.6 is 11.6 Å². The van der Waals surface area contributed by atoms with E-state index in [1.165, 1.54) is 5.56 Å². The normalized spacial score (nSPS) is 17.9. The molecule has 2 aliphatic rings. The van der Waals surface area contributed by atoms with E-state index in [1.807, 2.05) is 47.7 Å². The summed E-state index contributed by atoms with van der Waals surface area (Å²) >= 11 is 6.18. The fraction of sp³-hybridized carbons (Fsp3) is 0.500. The lowest BCUT2D eigenvalue weighted by Gasteiger charge is -2.40. The molecule has 7 nitrogen and oxygen atoms in total. The predicted octanol–water partition coefficient (Wildman–Crippen LogP) is 3.02. The molecule has 0 N–H and O–H groups in total. The fourth-order valence-corrected chi connectivity index (χ4v) is 4.61. The van der Waals surface area contributed by atoms with Gasteiger partial charge in [0.05, 0.1) is 12.2 Å². The first kappa shape index (κ1) is 20.7. The number of anilines is 2. The first-order valence-corrected chi connectivity index (χ1v) is 10.9. The fourth-order valence-electron chi connectivity index (χ4n) is 4.44. The van der Waals surface area contributed by atoms with E-state index < -0.39 is 6.04 Å². The Morgan fingerprint density at radius 3 is 2.57 bits per heavy atom. The van der Waals surface area contributed by atoms with E-state index in [4.69, 9.17) is 11.6 Å². The summed E-state index contributed by atoms with van der Waals surface area (Å²) in [6, 6.07) is 7.31. The predicted molar refractivity (Wildman–Crippen MR) is 118 cm³/mol. The van der Waals surface area contributed by atoms with Gasteiger partial charge in [0.1, 0.15) is 11.9 Å². The number of benzene rings is 1. The molecule has 1 fully saturated rings.